The summed E-state index contributed by atoms with van der Waals surface area (Å²) in [5.41, 5.74) is 1.24. The number of aromatic carboxylic acids is 1. The van der Waals surface area contributed by atoms with Crippen LogP contribution in [0.1, 0.15) is 32.8 Å². The summed E-state index contributed by atoms with van der Waals surface area (Å²) in [6, 6.07) is 0. The molecule has 1 aliphatic carbocycles. The Balaban J connectivity index is 2.60. The Kier molecular flexibility index (Phi) is 1.30. The van der Waals surface area contributed by atoms with Gasteiger partial charge in [0, 0.05) is 18.3 Å². The number of hydrogen-bond donors (Lipinski definition) is 2. The van der Waals surface area contributed by atoms with Gasteiger partial charge < -0.3 is 10.1 Å². The van der Waals surface area contributed by atoms with Crippen molar-refractivity contribution in [2.24, 2.45) is 0 Å². The zero-order chi connectivity index (χ0) is 8.72. The smallest absolute Gasteiger partial charge is 0.337 e. The topological polar surface area (TPSA) is 70.2 Å². The number of carboxylic acid groups (broad SMARTS) is 1. The summed E-state index contributed by atoms with van der Waals surface area (Å²) in [6.07, 6.45) is 2.45. The maximum absolute atomic E-state index is 11.2. The molecule has 2 N–H and O–H groups in total. The zero-order valence-electron chi connectivity index (χ0n) is 6.26. The van der Waals surface area contributed by atoms with E-state index in [1.807, 2.05) is 0 Å². The Bertz CT molecular complexity index is 364. The predicted octanol–water partition coefficient (Wildman–Crippen LogP) is 0.842. The lowest BCUT2D eigenvalue weighted by Gasteiger charge is -1.90. The van der Waals surface area contributed by atoms with E-state index in [1.165, 1.54) is 6.20 Å². The first-order valence-corrected chi connectivity index (χ1v) is 3.67. The lowest BCUT2D eigenvalue weighted by Crippen LogP contribution is -2.02. The van der Waals surface area contributed by atoms with Gasteiger partial charge in [-0.05, 0) is 6.42 Å². The quantitative estimate of drug-likeness (QED) is 0.647. The van der Waals surface area contributed by atoms with Crippen LogP contribution >= 0.6 is 0 Å². The molecule has 0 fully saturated rings. The molecule has 62 valence electrons. The third-order valence-electron chi connectivity index (χ3n) is 2.07. The van der Waals surface area contributed by atoms with Gasteiger partial charge in [-0.1, -0.05) is 0 Å². The van der Waals surface area contributed by atoms with Crippen molar-refractivity contribution in [2.45, 2.75) is 12.8 Å². The van der Waals surface area contributed by atoms with E-state index in [0.717, 1.165) is 5.69 Å². The second-order valence-electron chi connectivity index (χ2n) is 2.78. The van der Waals surface area contributed by atoms with Crippen molar-refractivity contribution >= 4 is 11.8 Å². The predicted molar refractivity (Wildman–Crippen MR) is 40.4 cm³/mol. The number of hydrogen-bond acceptors (Lipinski definition) is 2. The molecule has 1 heterocycles. The molecule has 4 nitrogen and oxygen atoms in total. The Morgan fingerprint density at radius 2 is 2.25 bits per heavy atom. The van der Waals surface area contributed by atoms with Gasteiger partial charge in [0.25, 0.3) is 0 Å². The minimum Gasteiger partial charge on any atom is -0.478 e. The standard InChI is InChI=1S/C8H7NO3/c10-6-2-1-5-7(6)4(3-9-5)8(11)12/h3,9H,1-2H2,(H,11,12). The molecule has 0 atom stereocenters. The second-order valence-corrected chi connectivity index (χ2v) is 2.78. The first kappa shape index (κ1) is 7.09. The number of rotatable bonds is 1. The molecule has 0 saturated heterocycles. The summed E-state index contributed by atoms with van der Waals surface area (Å²) < 4.78 is 0. The lowest BCUT2D eigenvalue weighted by atomic mass is 10.1. The first-order chi connectivity index (χ1) is 5.70. The van der Waals surface area contributed by atoms with Gasteiger partial charge in [0.2, 0.25) is 0 Å². The fourth-order valence-electron chi connectivity index (χ4n) is 1.51. The zero-order valence-corrected chi connectivity index (χ0v) is 6.26. The second kappa shape index (κ2) is 2.20. The van der Waals surface area contributed by atoms with Crippen LogP contribution in [0.2, 0.25) is 0 Å². The van der Waals surface area contributed by atoms with Crippen molar-refractivity contribution in [1.29, 1.82) is 0 Å². The minimum absolute atomic E-state index is 0.0661. The summed E-state index contributed by atoms with van der Waals surface area (Å²) in [4.78, 5) is 24.6. The molecule has 0 spiro atoms. The molecule has 1 aromatic heterocycles. The lowest BCUT2D eigenvalue weighted by molar-refractivity contribution is 0.0692. The molecule has 2 rings (SSSR count). The third-order valence-corrected chi connectivity index (χ3v) is 2.07. The number of carbonyl (C=O) groups is 2. The van der Waals surface area contributed by atoms with Crippen molar-refractivity contribution in [3.05, 3.63) is 23.0 Å². The van der Waals surface area contributed by atoms with E-state index in [2.05, 4.69) is 4.98 Å². The number of ketones is 1. The number of Topliss-reactive ketones (excluding diaryl/α,β-unsaturated/α-hetero) is 1. The van der Waals surface area contributed by atoms with E-state index in [4.69, 9.17) is 5.11 Å². The van der Waals surface area contributed by atoms with Crippen molar-refractivity contribution in [3.63, 3.8) is 0 Å². The molecule has 12 heavy (non-hydrogen) atoms. The van der Waals surface area contributed by atoms with E-state index in [0.29, 0.717) is 18.4 Å². The number of aromatic amines is 1. The highest BCUT2D eigenvalue weighted by Crippen LogP contribution is 2.24. The molecule has 0 radical (unpaired) electrons. The molecule has 0 aliphatic heterocycles. The molecule has 1 aromatic rings. The molecular formula is C8H7NO3. The summed E-state index contributed by atoms with van der Waals surface area (Å²) in [7, 11) is 0. The van der Waals surface area contributed by atoms with Crippen LogP contribution in [0, 0.1) is 0 Å². The Morgan fingerprint density at radius 3 is 2.92 bits per heavy atom. The van der Waals surface area contributed by atoms with E-state index in [1.54, 1.807) is 0 Å². The molecule has 0 aromatic carbocycles. The maximum Gasteiger partial charge on any atom is 0.337 e. The minimum atomic E-state index is -1.04. The molecular weight excluding hydrogens is 158 g/mol. The van der Waals surface area contributed by atoms with Gasteiger partial charge >= 0.3 is 5.97 Å². The monoisotopic (exact) mass is 165 g/mol. The molecule has 4 heteroatoms. The SMILES string of the molecule is O=C(O)c1c[nH]c2c1C(=O)CC2. The molecule has 0 unspecified atom stereocenters. The van der Waals surface area contributed by atoms with Gasteiger partial charge in [-0.25, -0.2) is 4.79 Å². The summed E-state index contributed by atoms with van der Waals surface area (Å²) >= 11 is 0. The van der Waals surface area contributed by atoms with Crippen LogP contribution in [-0.4, -0.2) is 21.8 Å². The van der Waals surface area contributed by atoms with E-state index < -0.39 is 5.97 Å². The highest BCUT2D eigenvalue weighted by atomic mass is 16.4. The Hall–Kier alpha value is -1.58. The average Bonchev–Trinajstić information content (AvgIpc) is 2.53. The first-order valence-electron chi connectivity index (χ1n) is 3.67. The number of carboxylic acids is 1. The van der Waals surface area contributed by atoms with Crippen LogP contribution in [0.15, 0.2) is 6.20 Å². The number of nitrogens with one attached hydrogen (secondary N) is 1. The number of H-pyrrole nitrogens is 1. The van der Waals surface area contributed by atoms with Crippen LogP contribution in [0.3, 0.4) is 0 Å². The van der Waals surface area contributed by atoms with E-state index in [9.17, 15) is 9.59 Å². The van der Waals surface area contributed by atoms with Crippen LogP contribution in [-0.2, 0) is 6.42 Å². The summed E-state index contributed by atoms with van der Waals surface area (Å²) in [5, 5.41) is 8.68. The Labute approximate surface area is 68.2 Å². The number of aromatic nitrogens is 1. The van der Waals surface area contributed by atoms with E-state index >= 15 is 0 Å². The van der Waals surface area contributed by atoms with Crippen molar-refractivity contribution in [3.8, 4) is 0 Å². The van der Waals surface area contributed by atoms with Gasteiger partial charge in [0.15, 0.2) is 5.78 Å². The van der Waals surface area contributed by atoms with Gasteiger partial charge in [0.1, 0.15) is 0 Å². The Morgan fingerprint density at radius 1 is 1.50 bits per heavy atom. The summed E-state index contributed by atoms with van der Waals surface area (Å²) in [5.74, 6) is -1.11. The molecule has 0 bridgehead atoms. The van der Waals surface area contributed by atoms with Crippen LogP contribution < -0.4 is 0 Å². The van der Waals surface area contributed by atoms with Crippen molar-refractivity contribution in [1.82, 2.24) is 4.98 Å². The number of carbonyl (C=O) groups excluding carboxylic acids is 1. The fourth-order valence-corrected chi connectivity index (χ4v) is 1.51. The maximum atomic E-state index is 11.2. The molecule has 1 aliphatic rings. The van der Waals surface area contributed by atoms with Gasteiger partial charge in [-0.2, -0.15) is 0 Å². The van der Waals surface area contributed by atoms with E-state index in [-0.39, 0.29) is 11.3 Å². The number of aryl methyl sites for hydroxylation is 1. The molecule has 0 amide bonds. The van der Waals surface area contributed by atoms with Crippen molar-refractivity contribution in [2.75, 3.05) is 0 Å². The van der Waals surface area contributed by atoms with Crippen LogP contribution in [0.5, 0.6) is 0 Å². The van der Waals surface area contributed by atoms with Gasteiger partial charge in [-0.15, -0.1) is 0 Å². The fraction of sp³-hybridized carbons (Fsp3) is 0.250. The van der Waals surface area contributed by atoms with Crippen LogP contribution in [0.4, 0.5) is 0 Å². The normalized spacial score (nSPS) is 14.8. The van der Waals surface area contributed by atoms with Crippen molar-refractivity contribution < 1.29 is 14.7 Å². The average molecular weight is 165 g/mol. The van der Waals surface area contributed by atoms with Crippen LogP contribution in [0.25, 0.3) is 0 Å². The molecule has 0 saturated carbocycles. The van der Waals surface area contributed by atoms with Gasteiger partial charge in [-0.3, -0.25) is 4.79 Å². The number of fused-ring (bicyclic) bond motifs is 1. The highest BCUT2D eigenvalue weighted by molar-refractivity contribution is 6.08. The largest absolute Gasteiger partial charge is 0.478 e. The summed E-state index contributed by atoms with van der Waals surface area (Å²) in [6.45, 7) is 0. The third kappa shape index (κ3) is 0.777. The highest BCUT2D eigenvalue weighted by Gasteiger charge is 2.27. The van der Waals surface area contributed by atoms with Gasteiger partial charge in [0.05, 0.1) is 11.1 Å².